The summed E-state index contributed by atoms with van der Waals surface area (Å²) in [5, 5.41) is 9.36. The molecular weight excluding hydrogens is 316 g/mol. The lowest BCUT2D eigenvalue weighted by molar-refractivity contribution is -0.139. The number of aromatic nitrogens is 1. The fourth-order valence-electron chi connectivity index (χ4n) is 3.14. The maximum absolute atomic E-state index is 12.7. The first-order valence-electron chi connectivity index (χ1n) is 7.86. The average Bonchev–Trinajstić information content (AvgIpc) is 2.61. The van der Waals surface area contributed by atoms with Crippen LogP contribution in [0.3, 0.4) is 0 Å². The first kappa shape index (κ1) is 16.0. The largest absolute Gasteiger partial charge is 0.378 e. The summed E-state index contributed by atoms with van der Waals surface area (Å²) in [5.74, 6) is 0.822. The van der Waals surface area contributed by atoms with Crippen LogP contribution in [0.25, 0.3) is 0 Å². The van der Waals surface area contributed by atoms with Crippen LogP contribution in [-0.2, 0) is 9.53 Å². The smallest absolute Gasteiger partial charge is 0.227 e. The SMILES string of the molecule is N#Cc1cnc(N2CCCC(C(=O)N3CCOCC3)C2)c(Cl)c1. The van der Waals surface area contributed by atoms with E-state index < -0.39 is 0 Å². The molecule has 122 valence electrons. The number of hydrogen-bond acceptors (Lipinski definition) is 5. The molecular formula is C16H19ClN4O2. The fraction of sp³-hybridized carbons (Fsp3) is 0.562. The Morgan fingerprint density at radius 2 is 2.17 bits per heavy atom. The number of carbonyl (C=O) groups excluding carboxylic acids is 1. The van der Waals surface area contributed by atoms with Gasteiger partial charge in [-0.3, -0.25) is 4.79 Å². The zero-order valence-electron chi connectivity index (χ0n) is 12.9. The highest BCUT2D eigenvalue weighted by Gasteiger charge is 2.31. The van der Waals surface area contributed by atoms with Gasteiger partial charge in [-0.1, -0.05) is 11.6 Å². The summed E-state index contributed by atoms with van der Waals surface area (Å²) in [6.07, 6.45) is 3.34. The molecule has 0 saturated carbocycles. The zero-order valence-corrected chi connectivity index (χ0v) is 13.6. The Kier molecular flexibility index (Phi) is 4.99. The van der Waals surface area contributed by atoms with E-state index in [1.165, 1.54) is 6.20 Å². The topological polar surface area (TPSA) is 69.5 Å². The van der Waals surface area contributed by atoms with Gasteiger partial charge in [0.1, 0.15) is 11.9 Å². The van der Waals surface area contributed by atoms with Gasteiger partial charge in [0.25, 0.3) is 0 Å². The molecule has 23 heavy (non-hydrogen) atoms. The van der Waals surface area contributed by atoms with Crippen molar-refractivity contribution in [2.45, 2.75) is 12.8 Å². The van der Waals surface area contributed by atoms with Crippen LogP contribution >= 0.6 is 11.6 Å². The van der Waals surface area contributed by atoms with Crippen molar-refractivity contribution in [1.82, 2.24) is 9.88 Å². The Morgan fingerprint density at radius 1 is 1.39 bits per heavy atom. The van der Waals surface area contributed by atoms with E-state index in [9.17, 15) is 4.79 Å². The van der Waals surface area contributed by atoms with Crippen molar-refractivity contribution in [2.75, 3.05) is 44.3 Å². The Hall–Kier alpha value is -1.84. The molecule has 0 N–H and O–H groups in total. The normalized spacial score (nSPS) is 21.8. The Morgan fingerprint density at radius 3 is 2.87 bits per heavy atom. The summed E-state index contributed by atoms with van der Waals surface area (Å²) in [4.78, 5) is 20.9. The van der Waals surface area contributed by atoms with Crippen molar-refractivity contribution in [3.8, 4) is 6.07 Å². The lowest BCUT2D eigenvalue weighted by Crippen LogP contribution is -2.48. The van der Waals surface area contributed by atoms with Crippen molar-refractivity contribution in [3.63, 3.8) is 0 Å². The first-order chi connectivity index (χ1) is 11.2. The maximum Gasteiger partial charge on any atom is 0.227 e. The van der Waals surface area contributed by atoms with Gasteiger partial charge in [-0.15, -0.1) is 0 Å². The summed E-state index contributed by atoms with van der Waals surface area (Å²) < 4.78 is 5.31. The summed E-state index contributed by atoms with van der Waals surface area (Å²) in [5.41, 5.74) is 0.441. The standard InChI is InChI=1S/C16H19ClN4O2/c17-14-8-12(9-18)10-19-15(14)21-3-1-2-13(11-21)16(22)20-4-6-23-7-5-20/h8,10,13H,1-7,11H2. The molecule has 1 atom stereocenters. The molecule has 2 aliphatic rings. The number of morpholine rings is 1. The van der Waals surface area contributed by atoms with E-state index in [1.807, 2.05) is 11.0 Å². The lowest BCUT2D eigenvalue weighted by atomic mass is 9.96. The minimum atomic E-state index is -0.0321. The van der Waals surface area contributed by atoms with Gasteiger partial charge in [0, 0.05) is 32.4 Å². The molecule has 0 aliphatic carbocycles. The molecule has 7 heteroatoms. The molecule has 3 rings (SSSR count). The van der Waals surface area contributed by atoms with Crippen LogP contribution in [0.15, 0.2) is 12.3 Å². The van der Waals surface area contributed by atoms with E-state index in [-0.39, 0.29) is 11.8 Å². The number of nitriles is 1. The number of hydrogen-bond donors (Lipinski definition) is 0. The Bertz CT molecular complexity index is 625. The number of amides is 1. The third-order valence-corrected chi connectivity index (χ3v) is 4.62. The van der Waals surface area contributed by atoms with Crippen molar-refractivity contribution in [1.29, 1.82) is 5.26 Å². The Balaban J connectivity index is 1.70. The highest BCUT2D eigenvalue weighted by atomic mass is 35.5. The van der Waals surface area contributed by atoms with Gasteiger partial charge < -0.3 is 14.5 Å². The molecule has 6 nitrogen and oxygen atoms in total. The van der Waals surface area contributed by atoms with E-state index >= 15 is 0 Å². The van der Waals surface area contributed by atoms with Crippen LogP contribution in [-0.4, -0.2) is 55.2 Å². The minimum Gasteiger partial charge on any atom is -0.378 e. The molecule has 3 heterocycles. The highest BCUT2D eigenvalue weighted by molar-refractivity contribution is 6.33. The maximum atomic E-state index is 12.7. The predicted octanol–water partition coefficient (Wildman–Crippen LogP) is 1.68. The third kappa shape index (κ3) is 3.57. The van der Waals surface area contributed by atoms with Crippen molar-refractivity contribution in [2.24, 2.45) is 5.92 Å². The molecule has 2 saturated heterocycles. The molecule has 1 unspecified atom stereocenters. The van der Waals surface area contributed by atoms with E-state index in [2.05, 4.69) is 9.88 Å². The number of carbonyl (C=O) groups is 1. The van der Waals surface area contributed by atoms with Gasteiger partial charge in [-0.25, -0.2) is 4.98 Å². The molecule has 0 aromatic carbocycles. The number of halogens is 1. The minimum absolute atomic E-state index is 0.0321. The highest BCUT2D eigenvalue weighted by Crippen LogP contribution is 2.29. The van der Waals surface area contributed by atoms with Gasteiger partial charge >= 0.3 is 0 Å². The average molecular weight is 335 g/mol. The Labute approximate surface area is 140 Å². The van der Waals surface area contributed by atoms with E-state index in [0.717, 1.165) is 19.4 Å². The van der Waals surface area contributed by atoms with E-state index in [0.29, 0.717) is 49.3 Å². The van der Waals surface area contributed by atoms with Crippen LogP contribution in [0.4, 0.5) is 5.82 Å². The van der Waals surface area contributed by atoms with Crippen LogP contribution < -0.4 is 4.90 Å². The first-order valence-corrected chi connectivity index (χ1v) is 8.24. The molecule has 1 amide bonds. The quantitative estimate of drug-likeness (QED) is 0.823. The number of rotatable bonds is 2. The number of anilines is 1. The molecule has 0 bridgehead atoms. The molecule has 0 radical (unpaired) electrons. The molecule has 2 aliphatic heterocycles. The fourth-order valence-corrected chi connectivity index (χ4v) is 3.42. The van der Waals surface area contributed by atoms with Crippen LogP contribution in [0, 0.1) is 17.2 Å². The van der Waals surface area contributed by atoms with E-state index in [4.69, 9.17) is 21.6 Å². The van der Waals surface area contributed by atoms with Gasteiger partial charge in [0.2, 0.25) is 5.91 Å². The molecule has 1 aromatic heterocycles. The van der Waals surface area contributed by atoms with Crippen molar-refractivity contribution >= 4 is 23.3 Å². The molecule has 0 spiro atoms. The molecule has 2 fully saturated rings. The number of nitrogens with zero attached hydrogens (tertiary/aromatic N) is 4. The second-order valence-corrected chi connectivity index (χ2v) is 6.27. The number of piperidine rings is 1. The van der Waals surface area contributed by atoms with E-state index in [1.54, 1.807) is 6.07 Å². The lowest BCUT2D eigenvalue weighted by Gasteiger charge is -2.36. The summed E-state index contributed by atoms with van der Waals surface area (Å²) in [7, 11) is 0. The molecule has 1 aromatic rings. The van der Waals surface area contributed by atoms with Crippen molar-refractivity contribution < 1.29 is 9.53 Å². The van der Waals surface area contributed by atoms with Crippen LogP contribution in [0.1, 0.15) is 18.4 Å². The second kappa shape index (κ2) is 7.16. The third-order valence-electron chi connectivity index (χ3n) is 4.34. The van der Waals surface area contributed by atoms with Gasteiger partial charge in [-0.05, 0) is 18.9 Å². The van der Waals surface area contributed by atoms with Crippen LogP contribution in [0.2, 0.25) is 5.02 Å². The second-order valence-electron chi connectivity index (χ2n) is 5.86. The van der Waals surface area contributed by atoms with Gasteiger partial charge in [0.05, 0.1) is 29.7 Å². The van der Waals surface area contributed by atoms with Gasteiger partial charge in [0.15, 0.2) is 0 Å². The predicted molar refractivity (Wildman–Crippen MR) is 86.3 cm³/mol. The van der Waals surface area contributed by atoms with Crippen molar-refractivity contribution in [3.05, 3.63) is 22.8 Å². The summed E-state index contributed by atoms with van der Waals surface area (Å²) >= 11 is 6.25. The number of ether oxygens (including phenoxy) is 1. The summed E-state index contributed by atoms with van der Waals surface area (Å²) in [6.45, 7) is 4.02. The monoisotopic (exact) mass is 334 g/mol. The summed E-state index contributed by atoms with van der Waals surface area (Å²) in [6, 6.07) is 3.65. The number of pyridine rings is 1. The van der Waals surface area contributed by atoms with Crippen LogP contribution in [0.5, 0.6) is 0 Å². The van der Waals surface area contributed by atoms with Gasteiger partial charge in [-0.2, -0.15) is 5.26 Å². The zero-order chi connectivity index (χ0) is 16.2.